The molecule has 0 spiro atoms. The Labute approximate surface area is 138 Å². The number of benzene rings is 1. The first-order valence-electron chi connectivity index (χ1n) is 6.46. The van der Waals surface area contributed by atoms with E-state index in [0.717, 1.165) is 18.2 Å². The summed E-state index contributed by atoms with van der Waals surface area (Å²) in [5.74, 6) is -1.05. The van der Waals surface area contributed by atoms with Crippen LogP contribution in [0.25, 0.3) is 6.08 Å². The molecule has 0 bridgehead atoms. The second-order valence-corrected chi connectivity index (χ2v) is 5.26. The van der Waals surface area contributed by atoms with Gasteiger partial charge in [-0.2, -0.15) is 0 Å². The fraction of sp³-hybridized carbons (Fsp3) is 0.0667. The Balaban J connectivity index is 1.90. The van der Waals surface area contributed by atoms with Crippen molar-refractivity contribution < 1.29 is 27.5 Å². The van der Waals surface area contributed by atoms with Gasteiger partial charge in [0.1, 0.15) is 5.75 Å². The number of hydrogen-bond acceptors (Lipinski definition) is 5. The maximum atomic E-state index is 12.0. The summed E-state index contributed by atoms with van der Waals surface area (Å²) in [5.41, 5.74) is 6.10. The molecule has 0 amide bonds. The summed E-state index contributed by atoms with van der Waals surface area (Å²) in [7, 11) is 0. The van der Waals surface area contributed by atoms with Gasteiger partial charge in [0.25, 0.3) is 0 Å². The Morgan fingerprint density at radius 3 is 2.50 bits per heavy atom. The van der Waals surface area contributed by atoms with Crippen LogP contribution in [0.2, 0.25) is 0 Å². The number of nitrogens with two attached hydrogens (primary N) is 1. The Morgan fingerprint density at radius 1 is 1.21 bits per heavy atom. The predicted molar refractivity (Wildman–Crippen MR) is 83.3 cm³/mol. The monoisotopic (exact) mass is 356 g/mol. The summed E-state index contributed by atoms with van der Waals surface area (Å²) < 4.78 is 39.8. The van der Waals surface area contributed by atoms with Crippen molar-refractivity contribution in [3.63, 3.8) is 0 Å². The maximum Gasteiger partial charge on any atom is 0.573 e. The molecule has 2 N–H and O–H groups in total. The van der Waals surface area contributed by atoms with Crippen molar-refractivity contribution in [2.45, 2.75) is 6.36 Å². The second-order valence-electron chi connectivity index (χ2n) is 4.31. The maximum absolute atomic E-state index is 12.0. The van der Waals surface area contributed by atoms with E-state index >= 15 is 0 Å². The van der Waals surface area contributed by atoms with Gasteiger partial charge in [-0.3, -0.25) is 0 Å². The number of ether oxygens (including phenoxy) is 1. The van der Waals surface area contributed by atoms with Crippen LogP contribution < -0.4 is 10.5 Å². The lowest BCUT2D eigenvalue weighted by Crippen LogP contribution is -2.16. The lowest BCUT2D eigenvalue weighted by atomic mass is 10.2. The van der Waals surface area contributed by atoms with Gasteiger partial charge in [-0.05, 0) is 35.2 Å². The van der Waals surface area contributed by atoms with E-state index in [1.54, 1.807) is 17.5 Å². The summed E-state index contributed by atoms with van der Waals surface area (Å²) in [6.07, 6.45) is -2.32. The molecule has 2 rings (SSSR count). The van der Waals surface area contributed by atoms with E-state index in [0.29, 0.717) is 10.4 Å². The second kappa shape index (κ2) is 7.64. The van der Waals surface area contributed by atoms with Crippen LogP contribution in [0.15, 0.2) is 53.0 Å². The quantitative estimate of drug-likeness (QED) is 0.292. The molecular weight excluding hydrogens is 345 g/mol. The number of halogens is 3. The van der Waals surface area contributed by atoms with Crippen LogP contribution in [0.5, 0.6) is 5.75 Å². The topological polar surface area (TPSA) is 73.9 Å². The largest absolute Gasteiger partial charge is 0.573 e. The molecule has 24 heavy (non-hydrogen) atoms. The van der Waals surface area contributed by atoms with Crippen LogP contribution >= 0.6 is 11.3 Å². The highest BCUT2D eigenvalue weighted by atomic mass is 32.1. The zero-order valence-electron chi connectivity index (χ0n) is 12.0. The van der Waals surface area contributed by atoms with E-state index < -0.39 is 12.3 Å². The lowest BCUT2D eigenvalue weighted by Gasteiger charge is -2.08. The Bertz CT molecular complexity index is 738. The third-order valence-corrected chi connectivity index (χ3v) is 3.43. The lowest BCUT2D eigenvalue weighted by molar-refractivity contribution is -0.274. The molecule has 1 aromatic heterocycles. The van der Waals surface area contributed by atoms with E-state index in [4.69, 9.17) is 5.73 Å². The average molecular weight is 356 g/mol. The van der Waals surface area contributed by atoms with Gasteiger partial charge >= 0.3 is 12.3 Å². The zero-order chi connectivity index (χ0) is 17.6. The normalized spacial score (nSPS) is 12.4. The van der Waals surface area contributed by atoms with Gasteiger partial charge in [0.05, 0.1) is 4.88 Å². The number of thiophene rings is 1. The van der Waals surface area contributed by atoms with E-state index in [9.17, 15) is 18.0 Å². The molecule has 2 aromatic rings. The first kappa shape index (κ1) is 17.5. The molecule has 0 aliphatic carbocycles. The minimum atomic E-state index is -4.75. The van der Waals surface area contributed by atoms with Crippen LogP contribution in [-0.4, -0.2) is 18.2 Å². The van der Waals surface area contributed by atoms with Gasteiger partial charge in [-0.1, -0.05) is 23.4 Å². The van der Waals surface area contributed by atoms with Gasteiger partial charge in [0, 0.05) is 6.08 Å². The van der Waals surface area contributed by atoms with Gasteiger partial charge < -0.3 is 15.3 Å². The molecule has 0 saturated heterocycles. The minimum absolute atomic E-state index is 0.0698. The summed E-state index contributed by atoms with van der Waals surface area (Å²) in [5, 5.41) is 5.29. The number of amidine groups is 1. The Kier molecular flexibility index (Phi) is 5.59. The van der Waals surface area contributed by atoms with Crippen LogP contribution in [-0.2, 0) is 9.63 Å². The number of hydrogen-bond donors (Lipinski definition) is 1. The molecule has 0 aliphatic rings. The van der Waals surface area contributed by atoms with Crippen molar-refractivity contribution in [3.8, 4) is 5.75 Å². The van der Waals surface area contributed by atoms with Crippen molar-refractivity contribution in [2.75, 3.05) is 0 Å². The van der Waals surface area contributed by atoms with Crippen molar-refractivity contribution in [3.05, 3.63) is 58.3 Å². The molecular formula is C15H11F3N2O3S. The van der Waals surface area contributed by atoms with E-state index in [-0.39, 0.29) is 11.6 Å². The van der Waals surface area contributed by atoms with Crippen molar-refractivity contribution in [1.82, 2.24) is 0 Å². The number of oxime groups is 1. The van der Waals surface area contributed by atoms with Crippen LogP contribution in [0.3, 0.4) is 0 Å². The van der Waals surface area contributed by atoms with Crippen molar-refractivity contribution >= 4 is 29.2 Å². The van der Waals surface area contributed by atoms with Crippen molar-refractivity contribution in [2.24, 2.45) is 10.9 Å². The van der Waals surface area contributed by atoms with Crippen LogP contribution in [0, 0.1) is 0 Å². The average Bonchev–Trinajstić information content (AvgIpc) is 3.05. The van der Waals surface area contributed by atoms with Crippen LogP contribution in [0.1, 0.15) is 10.4 Å². The molecule has 0 aliphatic heterocycles. The van der Waals surface area contributed by atoms with Gasteiger partial charge in [0.15, 0.2) is 5.84 Å². The highest BCUT2D eigenvalue weighted by Gasteiger charge is 2.30. The van der Waals surface area contributed by atoms with E-state index in [2.05, 4.69) is 14.7 Å². The number of alkyl halides is 3. The van der Waals surface area contributed by atoms with E-state index in [1.165, 1.54) is 29.5 Å². The molecule has 126 valence electrons. The minimum Gasteiger partial charge on any atom is -0.406 e. The third kappa shape index (κ3) is 5.76. The van der Waals surface area contributed by atoms with E-state index in [1.807, 2.05) is 0 Å². The first-order chi connectivity index (χ1) is 11.3. The summed E-state index contributed by atoms with van der Waals surface area (Å²) in [6, 6.07) is 8.47. The van der Waals surface area contributed by atoms with Gasteiger partial charge in [0.2, 0.25) is 0 Å². The highest BCUT2D eigenvalue weighted by molar-refractivity contribution is 7.12. The zero-order valence-corrected chi connectivity index (χ0v) is 12.8. The molecule has 1 heterocycles. The van der Waals surface area contributed by atoms with Gasteiger partial charge in [-0.15, -0.1) is 24.5 Å². The Morgan fingerprint density at radius 2 is 1.92 bits per heavy atom. The standard InChI is InChI=1S/C15H11F3N2O3S/c16-15(17,18)22-11-6-3-10(4-7-11)5-8-13(21)23-20-14(19)12-2-1-9-24-12/h1-9H,(H2,19,20). The Hall–Kier alpha value is -2.81. The molecule has 0 fully saturated rings. The summed E-state index contributed by atoms with van der Waals surface area (Å²) in [4.78, 5) is 16.8. The number of carbonyl (C=O) groups is 1. The molecule has 0 unspecified atom stereocenters. The number of nitrogens with zero attached hydrogens (tertiary/aromatic N) is 1. The fourth-order valence-corrected chi connectivity index (χ4v) is 2.16. The predicted octanol–water partition coefficient (Wildman–Crippen LogP) is 3.52. The van der Waals surface area contributed by atoms with Crippen molar-refractivity contribution in [1.29, 1.82) is 0 Å². The molecule has 0 radical (unpaired) electrons. The molecule has 1 aromatic carbocycles. The molecule has 0 saturated carbocycles. The first-order valence-corrected chi connectivity index (χ1v) is 7.34. The summed E-state index contributed by atoms with van der Waals surface area (Å²) >= 11 is 1.34. The third-order valence-electron chi connectivity index (χ3n) is 2.53. The number of carbonyl (C=O) groups excluding carboxylic acids is 1. The summed E-state index contributed by atoms with van der Waals surface area (Å²) in [6.45, 7) is 0. The SMILES string of the molecule is NC(=NOC(=O)C=Cc1ccc(OC(F)(F)F)cc1)c1cccs1. The smallest absolute Gasteiger partial charge is 0.406 e. The van der Waals surface area contributed by atoms with Crippen LogP contribution in [0.4, 0.5) is 13.2 Å². The molecule has 9 heteroatoms. The molecule has 5 nitrogen and oxygen atoms in total. The van der Waals surface area contributed by atoms with Gasteiger partial charge in [-0.25, -0.2) is 4.79 Å². The number of rotatable bonds is 5. The molecule has 0 atom stereocenters. The fourth-order valence-electron chi connectivity index (χ4n) is 1.54. The highest BCUT2D eigenvalue weighted by Crippen LogP contribution is 2.22.